The predicted octanol–water partition coefficient (Wildman–Crippen LogP) is 5.82. The minimum absolute atomic E-state index is 0.0632. The van der Waals surface area contributed by atoms with Gasteiger partial charge in [0.05, 0.1) is 18.2 Å². The molecule has 0 aliphatic carbocycles. The first kappa shape index (κ1) is 27.9. The highest BCUT2D eigenvalue weighted by molar-refractivity contribution is 6.46. The van der Waals surface area contributed by atoms with E-state index in [9.17, 15) is 14.7 Å². The molecule has 7 heteroatoms. The van der Waals surface area contributed by atoms with E-state index in [1.165, 1.54) is 4.90 Å². The van der Waals surface area contributed by atoms with Crippen LogP contribution in [-0.2, 0) is 20.9 Å². The summed E-state index contributed by atoms with van der Waals surface area (Å²) in [5, 5.41) is 11.3. The van der Waals surface area contributed by atoms with Gasteiger partial charge in [0.2, 0.25) is 0 Å². The van der Waals surface area contributed by atoms with E-state index in [4.69, 9.17) is 14.2 Å². The molecule has 1 atom stereocenters. The molecule has 1 aliphatic heterocycles. The number of hydrogen-bond acceptors (Lipinski definition) is 6. The number of aliphatic hydroxyl groups excluding tert-OH is 1. The molecule has 1 N–H and O–H groups in total. The number of Topliss-reactive ketones (excluding diaryl/α,β-unsaturated/α-hetero) is 1. The van der Waals surface area contributed by atoms with Crippen molar-refractivity contribution in [2.24, 2.45) is 0 Å². The van der Waals surface area contributed by atoms with E-state index in [1.54, 1.807) is 31.4 Å². The van der Waals surface area contributed by atoms with Gasteiger partial charge >= 0.3 is 0 Å². The molecular weight excluding hydrogens is 494 g/mol. The molecule has 4 rings (SSSR count). The highest BCUT2D eigenvalue weighted by Gasteiger charge is 2.45. The standard InChI is InChI=1S/C32H35NO6/c1-4-19-38-26-14-10-23(11-15-26)29-28(31(35)32(36)33(29)18-7-20-37-3)30(34)24-12-16-27(17-13-24)39-21-25-9-6-5-8-22(25)2/h5-6,8-17,29,34H,4,7,18-21H2,1-3H3/b30-28+. The van der Waals surface area contributed by atoms with Gasteiger partial charge in [-0.3, -0.25) is 9.59 Å². The number of amides is 1. The van der Waals surface area contributed by atoms with Crippen molar-refractivity contribution >= 4 is 17.4 Å². The second-order valence-corrected chi connectivity index (χ2v) is 9.50. The van der Waals surface area contributed by atoms with Crippen molar-refractivity contribution in [1.29, 1.82) is 0 Å². The Hall–Kier alpha value is -4.10. The summed E-state index contributed by atoms with van der Waals surface area (Å²) < 4.78 is 16.8. The molecule has 39 heavy (non-hydrogen) atoms. The summed E-state index contributed by atoms with van der Waals surface area (Å²) in [5.41, 5.74) is 3.44. The van der Waals surface area contributed by atoms with Crippen molar-refractivity contribution in [2.45, 2.75) is 39.3 Å². The van der Waals surface area contributed by atoms with Crippen molar-refractivity contribution in [3.05, 3.63) is 101 Å². The van der Waals surface area contributed by atoms with Crippen molar-refractivity contribution in [2.75, 3.05) is 26.9 Å². The maximum Gasteiger partial charge on any atom is 0.295 e. The maximum atomic E-state index is 13.2. The summed E-state index contributed by atoms with van der Waals surface area (Å²) in [6, 6.07) is 21.5. The van der Waals surface area contributed by atoms with Gasteiger partial charge in [-0.15, -0.1) is 0 Å². The van der Waals surface area contributed by atoms with Crippen LogP contribution in [0, 0.1) is 6.92 Å². The van der Waals surface area contributed by atoms with Crippen LogP contribution in [0.5, 0.6) is 11.5 Å². The lowest BCUT2D eigenvalue weighted by Gasteiger charge is -2.25. The number of aryl methyl sites for hydroxylation is 1. The van der Waals surface area contributed by atoms with E-state index in [2.05, 4.69) is 0 Å². The van der Waals surface area contributed by atoms with Crippen molar-refractivity contribution in [3.63, 3.8) is 0 Å². The molecule has 0 saturated carbocycles. The van der Waals surface area contributed by atoms with E-state index >= 15 is 0 Å². The normalized spacial score (nSPS) is 16.5. The maximum absolute atomic E-state index is 13.2. The number of likely N-dealkylation sites (tertiary alicyclic amines) is 1. The predicted molar refractivity (Wildman–Crippen MR) is 150 cm³/mol. The smallest absolute Gasteiger partial charge is 0.295 e. The fraction of sp³-hybridized carbons (Fsp3) is 0.312. The number of aliphatic hydroxyl groups is 1. The largest absolute Gasteiger partial charge is 0.507 e. The fourth-order valence-electron chi connectivity index (χ4n) is 4.60. The molecule has 1 fully saturated rings. The van der Waals surface area contributed by atoms with Crippen molar-refractivity contribution < 1.29 is 28.9 Å². The number of ketones is 1. The number of methoxy groups -OCH3 is 1. The minimum Gasteiger partial charge on any atom is -0.507 e. The highest BCUT2D eigenvalue weighted by Crippen LogP contribution is 2.40. The number of ether oxygens (including phenoxy) is 3. The molecular formula is C32H35NO6. The van der Waals surface area contributed by atoms with Gasteiger partial charge in [-0.1, -0.05) is 43.3 Å². The molecule has 1 unspecified atom stereocenters. The average molecular weight is 530 g/mol. The molecule has 1 saturated heterocycles. The number of rotatable bonds is 12. The quantitative estimate of drug-likeness (QED) is 0.138. The van der Waals surface area contributed by atoms with Gasteiger partial charge in [-0.2, -0.15) is 0 Å². The minimum atomic E-state index is -0.723. The zero-order valence-electron chi connectivity index (χ0n) is 22.7. The Kier molecular flexibility index (Phi) is 9.39. The molecule has 3 aromatic carbocycles. The highest BCUT2D eigenvalue weighted by atomic mass is 16.5. The first-order chi connectivity index (χ1) is 18.9. The summed E-state index contributed by atoms with van der Waals surface area (Å²) in [7, 11) is 1.59. The van der Waals surface area contributed by atoms with Crippen molar-refractivity contribution in [3.8, 4) is 11.5 Å². The van der Waals surface area contributed by atoms with Crippen LogP contribution in [0.2, 0.25) is 0 Å². The Balaban J connectivity index is 1.62. The summed E-state index contributed by atoms with van der Waals surface area (Å²) in [6.07, 6.45) is 1.45. The molecule has 0 aromatic heterocycles. The third-order valence-corrected chi connectivity index (χ3v) is 6.74. The lowest BCUT2D eigenvalue weighted by Crippen LogP contribution is -2.31. The van der Waals surface area contributed by atoms with E-state index in [1.807, 2.05) is 62.4 Å². The molecule has 1 heterocycles. The van der Waals surface area contributed by atoms with Gasteiger partial charge in [0, 0.05) is 25.8 Å². The molecule has 1 amide bonds. The second-order valence-electron chi connectivity index (χ2n) is 9.50. The SMILES string of the molecule is CCCOc1ccc(C2/C(=C(\O)c3ccc(OCc4ccccc4C)cc3)C(=O)C(=O)N2CCCOC)cc1. The summed E-state index contributed by atoms with van der Waals surface area (Å²) in [5.74, 6) is -0.222. The van der Waals surface area contributed by atoms with Gasteiger partial charge in [-0.05, 0) is 72.9 Å². The Bertz CT molecular complexity index is 1310. The van der Waals surface area contributed by atoms with E-state index in [0.717, 1.165) is 23.1 Å². The number of carbonyl (C=O) groups excluding carboxylic acids is 2. The third kappa shape index (κ3) is 6.49. The van der Waals surface area contributed by atoms with Crippen LogP contribution in [0.15, 0.2) is 78.4 Å². The van der Waals surface area contributed by atoms with Crippen LogP contribution >= 0.6 is 0 Å². The second kappa shape index (κ2) is 13.1. The van der Waals surface area contributed by atoms with Gasteiger partial charge < -0.3 is 24.2 Å². The Labute approximate surface area is 229 Å². The lowest BCUT2D eigenvalue weighted by atomic mass is 9.95. The summed E-state index contributed by atoms with van der Waals surface area (Å²) in [4.78, 5) is 27.8. The fourth-order valence-corrected chi connectivity index (χ4v) is 4.60. The Morgan fingerprint density at radius 2 is 1.56 bits per heavy atom. The zero-order valence-corrected chi connectivity index (χ0v) is 22.7. The van der Waals surface area contributed by atoms with Gasteiger partial charge in [0.25, 0.3) is 11.7 Å². The van der Waals surface area contributed by atoms with Crippen LogP contribution in [0.1, 0.15) is 48.1 Å². The first-order valence-electron chi connectivity index (χ1n) is 13.2. The lowest BCUT2D eigenvalue weighted by molar-refractivity contribution is -0.140. The van der Waals surface area contributed by atoms with Crippen molar-refractivity contribution in [1.82, 2.24) is 4.90 Å². The van der Waals surface area contributed by atoms with Crippen LogP contribution < -0.4 is 9.47 Å². The molecule has 3 aromatic rings. The monoisotopic (exact) mass is 529 g/mol. The summed E-state index contributed by atoms with van der Waals surface area (Å²) >= 11 is 0. The van der Waals surface area contributed by atoms with E-state index in [-0.39, 0.29) is 11.3 Å². The van der Waals surface area contributed by atoms with E-state index < -0.39 is 17.7 Å². The number of benzene rings is 3. The first-order valence-corrected chi connectivity index (χ1v) is 13.2. The molecule has 204 valence electrons. The zero-order chi connectivity index (χ0) is 27.8. The van der Waals surface area contributed by atoms with Gasteiger partial charge in [-0.25, -0.2) is 0 Å². The number of hydrogen-bond donors (Lipinski definition) is 1. The number of nitrogens with zero attached hydrogens (tertiary/aromatic N) is 1. The number of carbonyl (C=O) groups is 2. The van der Waals surface area contributed by atoms with Crippen LogP contribution in [-0.4, -0.2) is 48.6 Å². The van der Waals surface area contributed by atoms with Crippen LogP contribution in [0.4, 0.5) is 0 Å². The Morgan fingerprint density at radius 3 is 2.23 bits per heavy atom. The molecule has 0 spiro atoms. The third-order valence-electron chi connectivity index (χ3n) is 6.74. The molecule has 0 radical (unpaired) electrons. The van der Waals surface area contributed by atoms with E-state index in [0.29, 0.717) is 49.8 Å². The molecule has 7 nitrogen and oxygen atoms in total. The Morgan fingerprint density at radius 1 is 0.897 bits per heavy atom. The van der Waals surface area contributed by atoms with Crippen LogP contribution in [0.3, 0.4) is 0 Å². The molecule has 0 bridgehead atoms. The topological polar surface area (TPSA) is 85.3 Å². The average Bonchev–Trinajstić information content (AvgIpc) is 3.21. The van der Waals surface area contributed by atoms with Crippen LogP contribution in [0.25, 0.3) is 5.76 Å². The molecule has 1 aliphatic rings. The van der Waals surface area contributed by atoms with Gasteiger partial charge in [0.15, 0.2) is 0 Å². The summed E-state index contributed by atoms with van der Waals surface area (Å²) in [6.45, 7) is 5.85. The van der Waals surface area contributed by atoms with Gasteiger partial charge in [0.1, 0.15) is 23.9 Å².